The Kier molecular flexibility index (Phi) is 5.74. The first-order chi connectivity index (χ1) is 17.4. The lowest BCUT2D eigenvalue weighted by Crippen LogP contribution is -2.42. The molecule has 2 aromatic heterocycles. The molecule has 1 saturated heterocycles. The van der Waals surface area contributed by atoms with Crippen molar-refractivity contribution in [3.8, 4) is 11.3 Å². The van der Waals surface area contributed by atoms with Gasteiger partial charge in [0.15, 0.2) is 0 Å². The average Bonchev–Trinajstić information content (AvgIpc) is 3.43. The number of hydrogen-bond donors (Lipinski definition) is 2. The number of piperidine rings is 1. The van der Waals surface area contributed by atoms with Gasteiger partial charge in [-0.1, -0.05) is 6.07 Å². The summed E-state index contributed by atoms with van der Waals surface area (Å²) in [7, 11) is -3.55. The van der Waals surface area contributed by atoms with Gasteiger partial charge in [-0.15, -0.1) is 0 Å². The molecule has 0 bridgehead atoms. The Balaban J connectivity index is 1.35. The summed E-state index contributed by atoms with van der Waals surface area (Å²) in [5.74, 6) is 0.855. The van der Waals surface area contributed by atoms with E-state index in [1.165, 1.54) is 5.56 Å². The summed E-state index contributed by atoms with van der Waals surface area (Å²) in [6.45, 7) is 4.37. The molecule has 2 aliphatic rings. The van der Waals surface area contributed by atoms with Crippen molar-refractivity contribution >= 4 is 26.7 Å². The summed E-state index contributed by atoms with van der Waals surface area (Å²) in [4.78, 5) is 11.8. The summed E-state index contributed by atoms with van der Waals surface area (Å²) >= 11 is 0. The highest BCUT2D eigenvalue weighted by molar-refractivity contribution is 7.89. The highest BCUT2D eigenvalue weighted by atomic mass is 32.2. The third-order valence-electron chi connectivity index (χ3n) is 7.35. The number of nitrogens with one attached hydrogen (secondary N) is 1. The number of nitrogens with zero attached hydrogens (tertiary/aromatic N) is 5. The fourth-order valence-corrected chi connectivity index (χ4v) is 6.82. The molecule has 0 saturated carbocycles. The zero-order valence-corrected chi connectivity index (χ0v) is 21.0. The van der Waals surface area contributed by atoms with Gasteiger partial charge in [-0.2, -0.15) is 9.40 Å². The van der Waals surface area contributed by atoms with Crippen molar-refractivity contribution in [2.75, 3.05) is 24.5 Å². The van der Waals surface area contributed by atoms with Gasteiger partial charge in [0, 0.05) is 49.4 Å². The summed E-state index contributed by atoms with van der Waals surface area (Å²) in [6.07, 6.45) is 5.55. The molecule has 3 N–H and O–H groups in total. The fourth-order valence-electron chi connectivity index (χ4n) is 5.30. The highest BCUT2D eigenvalue weighted by Gasteiger charge is 2.30. The van der Waals surface area contributed by atoms with E-state index in [1.807, 2.05) is 18.2 Å². The van der Waals surface area contributed by atoms with Gasteiger partial charge in [0.2, 0.25) is 10.0 Å². The molecule has 6 rings (SSSR count). The predicted octanol–water partition coefficient (Wildman–Crippen LogP) is 3.00. The van der Waals surface area contributed by atoms with Gasteiger partial charge < -0.3 is 10.6 Å². The minimum atomic E-state index is -3.55. The molecule has 0 atom stereocenters. The number of anilines is 1. The molecule has 1 fully saturated rings. The molecule has 2 aliphatic heterocycles. The van der Waals surface area contributed by atoms with Crippen LogP contribution in [-0.2, 0) is 23.0 Å². The molecule has 9 nitrogen and oxygen atoms in total. The quantitative estimate of drug-likeness (QED) is 0.439. The molecule has 2 aromatic carbocycles. The van der Waals surface area contributed by atoms with Crippen molar-refractivity contribution in [3.63, 3.8) is 0 Å². The highest BCUT2D eigenvalue weighted by Crippen LogP contribution is 2.33. The first-order valence-corrected chi connectivity index (χ1v) is 13.7. The van der Waals surface area contributed by atoms with E-state index in [4.69, 9.17) is 5.73 Å². The van der Waals surface area contributed by atoms with E-state index < -0.39 is 10.0 Å². The van der Waals surface area contributed by atoms with Crippen LogP contribution in [0, 0.1) is 6.92 Å². The van der Waals surface area contributed by atoms with Gasteiger partial charge in [-0.05, 0) is 73.2 Å². The van der Waals surface area contributed by atoms with Crippen molar-refractivity contribution in [3.05, 3.63) is 65.6 Å². The van der Waals surface area contributed by atoms with Gasteiger partial charge in [-0.25, -0.2) is 18.4 Å². The lowest BCUT2D eigenvalue weighted by molar-refractivity contribution is 0.320. The molecule has 36 heavy (non-hydrogen) atoms. The standard InChI is InChI=1S/C26H29N7O2S/c1-17-12-19(24-4-8-30-31-24)14-23-25(17)28-16-29-26(23)32-9-5-18-2-3-22(13-20(18)15-32)36(34,35)33-10-6-21(27)7-11-33/h2-4,8,12-14,16,21H,5-7,9-11,15,27H2,1H3,(H,30,31). The van der Waals surface area contributed by atoms with Crippen LogP contribution in [0.5, 0.6) is 0 Å². The van der Waals surface area contributed by atoms with Gasteiger partial charge in [0.05, 0.1) is 16.1 Å². The molecule has 0 amide bonds. The van der Waals surface area contributed by atoms with Crippen LogP contribution in [0.3, 0.4) is 0 Å². The van der Waals surface area contributed by atoms with Crippen LogP contribution in [0.4, 0.5) is 5.82 Å². The van der Waals surface area contributed by atoms with E-state index in [-0.39, 0.29) is 6.04 Å². The monoisotopic (exact) mass is 503 g/mol. The van der Waals surface area contributed by atoms with Crippen molar-refractivity contribution < 1.29 is 8.42 Å². The second-order valence-corrected chi connectivity index (χ2v) is 11.6. The van der Waals surface area contributed by atoms with Crippen molar-refractivity contribution in [2.45, 2.75) is 43.7 Å². The second-order valence-electron chi connectivity index (χ2n) is 9.70. The lowest BCUT2D eigenvalue weighted by Gasteiger charge is -2.32. The number of aromatic nitrogens is 4. The summed E-state index contributed by atoms with van der Waals surface area (Å²) in [5.41, 5.74) is 12.1. The van der Waals surface area contributed by atoms with E-state index in [1.54, 1.807) is 22.9 Å². The molecular formula is C26H29N7O2S. The number of sulfonamides is 1. The average molecular weight is 504 g/mol. The van der Waals surface area contributed by atoms with Crippen molar-refractivity contribution in [1.82, 2.24) is 24.5 Å². The number of aryl methyl sites for hydroxylation is 1. The first-order valence-electron chi connectivity index (χ1n) is 12.3. The number of rotatable bonds is 4. The number of hydrogen-bond acceptors (Lipinski definition) is 7. The van der Waals surface area contributed by atoms with Crippen molar-refractivity contribution in [2.24, 2.45) is 5.73 Å². The van der Waals surface area contributed by atoms with Crippen molar-refractivity contribution in [1.29, 1.82) is 0 Å². The van der Waals surface area contributed by atoms with E-state index in [0.717, 1.165) is 52.1 Å². The zero-order valence-electron chi connectivity index (χ0n) is 20.2. The molecule has 0 radical (unpaired) electrons. The van der Waals surface area contributed by atoms with Crippen LogP contribution in [0.25, 0.3) is 22.2 Å². The third-order valence-corrected chi connectivity index (χ3v) is 9.24. The minimum absolute atomic E-state index is 0.0774. The van der Waals surface area contributed by atoms with Crippen LogP contribution in [0.1, 0.15) is 29.5 Å². The molecule has 4 heterocycles. The Hall–Kier alpha value is -3.34. The number of benzene rings is 2. The number of nitrogens with two attached hydrogens (primary N) is 1. The summed E-state index contributed by atoms with van der Waals surface area (Å²) in [6, 6.07) is 11.8. The normalized spacial score (nSPS) is 17.4. The van der Waals surface area contributed by atoms with Gasteiger partial charge >= 0.3 is 0 Å². The van der Waals surface area contributed by atoms with Gasteiger partial charge in [0.25, 0.3) is 0 Å². The number of aromatic amines is 1. The van der Waals surface area contributed by atoms with E-state index >= 15 is 0 Å². The first kappa shape index (κ1) is 23.1. The van der Waals surface area contributed by atoms with E-state index in [0.29, 0.717) is 37.4 Å². The maximum absolute atomic E-state index is 13.3. The Morgan fingerprint density at radius 3 is 2.64 bits per heavy atom. The molecular weight excluding hydrogens is 474 g/mol. The molecule has 0 unspecified atom stereocenters. The Morgan fingerprint density at radius 1 is 1.03 bits per heavy atom. The van der Waals surface area contributed by atoms with E-state index in [2.05, 4.69) is 44.1 Å². The molecule has 186 valence electrons. The smallest absolute Gasteiger partial charge is 0.243 e. The zero-order chi connectivity index (χ0) is 24.9. The van der Waals surface area contributed by atoms with Crippen LogP contribution >= 0.6 is 0 Å². The van der Waals surface area contributed by atoms with Crippen LogP contribution in [0.15, 0.2) is 53.8 Å². The fraction of sp³-hybridized carbons (Fsp3) is 0.346. The van der Waals surface area contributed by atoms with Crippen LogP contribution in [-0.4, -0.2) is 58.6 Å². The molecule has 0 aliphatic carbocycles. The molecule has 4 aromatic rings. The van der Waals surface area contributed by atoms with Crippen LogP contribution < -0.4 is 10.6 Å². The third kappa shape index (κ3) is 4.04. The number of fused-ring (bicyclic) bond motifs is 2. The SMILES string of the molecule is Cc1cc(-c2ccn[nH]2)cc2c(N3CCc4ccc(S(=O)(=O)N5CCC(N)CC5)cc4C3)ncnc12. The molecule has 10 heteroatoms. The number of H-pyrrole nitrogens is 1. The van der Waals surface area contributed by atoms with Gasteiger partial charge in [-0.3, -0.25) is 5.10 Å². The van der Waals surface area contributed by atoms with Gasteiger partial charge in [0.1, 0.15) is 12.1 Å². The minimum Gasteiger partial charge on any atom is -0.351 e. The lowest BCUT2D eigenvalue weighted by atomic mass is 9.99. The second kappa shape index (κ2) is 8.95. The largest absolute Gasteiger partial charge is 0.351 e. The predicted molar refractivity (Wildman–Crippen MR) is 139 cm³/mol. The maximum atomic E-state index is 13.3. The Labute approximate surface area is 210 Å². The summed E-state index contributed by atoms with van der Waals surface area (Å²) in [5, 5.41) is 8.09. The maximum Gasteiger partial charge on any atom is 0.243 e. The van der Waals surface area contributed by atoms with E-state index in [9.17, 15) is 8.42 Å². The molecule has 0 spiro atoms. The topological polar surface area (TPSA) is 121 Å². The van der Waals surface area contributed by atoms with Crippen LogP contribution in [0.2, 0.25) is 0 Å². The Bertz CT molecular complexity index is 1530. The summed E-state index contributed by atoms with van der Waals surface area (Å²) < 4.78 is 28.2. The Morgan fingerprint density at radius 2 is 1.86 bits per heavy atom.